The van der Waals surface area contributed by atoms with E-state index in [1.165, 1.54) is 0 Å². The van der Waals surface area contributed by atoms with Crippen LogP contribution in [-0.4, -0.2) is 33.1 Å². The van der Waals surface area contributed by atoms with E-state index in [-0.39, 0.29) is 17.9 Å². The first-order valence-corrected chi connectivity index (χ1v) is 6.55. The summed E-state index contributed by atoms with van der Waals surface area (Å²) in [5, 5.41) is 14.4. The van der Waals surface area contributed by atoms with Gasteiger partial charge in [0.15, 0.2) is 11.5 Å². The zero-order valence-electron chi connectivity index (χ0n) is 10.8. The molecule has 1 saturated heterocycles. The van der Waals surface area contributed by atoms with Gasteiger partial charge >= 0.3 is 0 Å². The maximum absolute atomic E-state index is 12.1. The zero-order chi connectivity index (χ0) is 13.2. The summed E-state index contributed by atoms with van der Waals surface area (Å²) in [6.45, 7) is 3.37. The van der Waals surface area contributed by atoms with Gasteiger partial charge in [-0.3, -0.25) is 9.20 Å². The lowest BCUT2D eigenvalue weighted by Gasteiger charge is -2.14. The average molecular weight is 259 g/mol. The molecule has 0 bridgehead atoms. The van der Waals surface area contributed by atoms with E-state index < -0.39 is 0 Å². The van der Waals surface area contributed by atoms with Crippen LogP contribution in [0, 0.1) is 5.92 Å². The fraction of sp³-hybridized carbons (Fsp3) is 0.462. The summed E-state index contributed by atoms with van der Waals surface area (Å²) in [4.78, 5) is 12.1. The highest BCUT2D eigenvalue weighted by Gasteiger charge is 2.29. The number of nitrogens with zero attached hydrogens (tertiary/aromatic N) is 3. The van der Waals surface area contributed by atoms with E-state index in [4.69, 9.17) is 0 Å². The molecule has 1 fully saturated rings. The summed E-state index contributed by atoms with van der Waals surface area (Å²) < 4.78 is 1.89. The van der Waals surface area contributed by atoms with Crippen LogP contribution in [0.2, 0.25) is 0 Å². The second-order valence-corrected chi connectivity index (χ2v) is 4.90. The molecule has 2 atom stereocenters. The fourth-order valence-electron chi connectivity index (χ4n) is 2.53. The third-order valence-corrected chi connectivity index (χ3v) is 3.67. The molecular weight excluding hydrogens is 242 g/mol. The standard InChI is InChI=1S/C13H17N5O/c1-9-10(5-6-14-9)13(19)15-8-12-17-16-11-4-2-3-7-18(11)12/h2-4,7,9-10,14H,5-6,8H2,1H3,(H,15,19). The minimum atomic E-state index is 0.0548. The number of hydrogen-bond donors (Lipinski definition) is 2. The molecule has 1 amide bonds. The largest absolute Gasteiger partial charge is 0.348 e. The number of rotatable bonds is 3. The maximum Gasteiger partial charge on any atom is 0.225 e. The van der Waals surface area contributed by atoms with Gasteiger partial charge in [0.2, 0.25) is 5.91 Å². The number of carbonyl (C=O) groups excluding carboxylic acids is 1. The van der Waals surface area contributed by atoms with Crippen molar-refractivity contribution in [3.63, 3.8) is 0 Å². The van der Waals surface area contributed by atoms with E-state index >= 15 is 0 Å². The van der Waals surface area contributed by atoms with Crippen LogP contribution in [0.5, 0.6) is 0 Å². The Balaban J connectivity index is 1.67. The van der Waals surface area contributed by atoms with E-state index in [0.29, 0.717) is 6.54 Å². The van der Waals surface area contributed by atoms with Crippen molar-refractivity contribution in [3.8, 4) is 0 Å². The number of nitrogens with one attached hydrogen (secondary N) is 2. The van der Waals surface area contributed by atoms with Gasteiger partial charge in [-0.25, -0.2) is 0 Å². The number of hydrogen-bond acceptors (Lipinski definition) is 4. The molecule has 3 rings (SSSR count). The number of amides is 1. The molecule has 0 radical (unpaired) electrons. The summed E-state index contributed by atoms with van der Waals surface area (Å²) in [7, 11) is 0. The maximum atomic E-state index is 12.1. The van der Waals surface area contributed by atoms with Crippen molar-refractivity contribution in [2.45, 2.75) is 25.9 Å². The number of pyridine rings is 1. The molecule has 100 valence electrons. The number of fused-ring (bicyclic) bond motifs is 1. The van der Waals surface area contributed by atoms with Crippen molar-refractivity contribution in [1.82, 2.24) is 25.2 Å². The highest BCUT2D eigenvalue weighted by molar-refractivity contribution is 5.79. The Labute approximate surface area is 111 Å². The molecule has 19 heavy (non-hydrogen) atoms. The van der Waals surface area contributed by atoms with Crippen molar-refractivity contribution in [2.75, 3.05) is 6.54 Å². The van der Waals surface area contributed by atoms with Crippen molar-refractivity contribution < 1.29 is 4.79 Å². The lowest BCUT2D eigenvalue weighted by molar-refractivity contribution is -0.125. The SMILES string of the molecule is CC1NCCC1C(=O)NCc1nnc2ccccn12. The Morgan fingerprint density at radius 3 is 3.21 bits per heavy atom. The fourth-order valence-corrected chi connectivity index (χ4v) is 2.53. The smallest absolute Gasteiger partial charge is 0.225 e. The number of aromatic nitrogens is 3. The van der Waals surface area contributed by atoms with Crippen LogP contribution in [0.3, 0.4) is 0 Å². The number of carbonyl (C=O) groups is 1. The highest BCUT2D eigenvalue weighted by Crippen LogP contribution is 2.15. The van der Waals surface area contributed by atoms with Gasteiger partial charge in [0.05, 0.1) is 12.5 Å². The Bertz CT molecular complexity index is 593. The third-order valence-electron chi connectivity index (χ3n) is 3.67. The van der Waals surface area contributed by atoms with Gasteiger partial charge in [-0.15, -0.1) is 10.2 Å². The van der Waals surface area contributed by atoms with Crippen molar-refractivity contribution in [3.05, 3.63) is 30.2 Å². The van der Waals surface area contributed by atoms with Crippen LogP contribution in [-0.2, 0) is 11.3 Å². The minimum Gasteiger partial charge on any atom is -0.348 e. The Hall–Kier alpha value is -1.95. The first-order chi connectivity index (χ1) is 9.25. The molecule has 0 aliphatic carbocycles. The summed E-state index contributed by atoms with van der Waals surface area (Å²) >= 11 is 0. The van der Waals surface area contributed by atoms with E-state index in [1.807, 2.05) is 35.7 Å². The summed E-state index contributed by atoms with van der Waals surface area (Å²) in [5.74, 6) is 0.895. The van der Waals surface area contributed by atoms with Crippen LogP contribution >= 0.6 is 0 Å². The van der Waals surface area contributed by atoms with Gasteiger partial charge in [-0.1, -0.05) is 6.07 Å². The van der Waals surface area contributed by atoms with Crippen LogP contribution in [0.1, 0.15) is 19.2 Å². The quantitative estimate of drug-likeness (QED) is 0.834. The highest BCUT2D eigenvalue weighted by atomic mass is 16.1. The monoisotopic (exact) mass is 259 g/mol. The van der Waals surface area contributed by atoms with Crippen molar-refractivity contribution in [1.29, 1.82) is 0 Å². The topological polar surface area (TPSA) is 71.3 Å². The molecule has 2 N–H and O–H groups in total. The predicted octanol–water partition coefficient (Wildman–Crippen LogP) is 0.343. The average Bonchev–Trinajstić information content (AvgIpc) is 3.02. The van der Waals surface area contributed by atoms with E-state index in [0.717, 1.165) is 24.4 Å². The molecule has 6 nitrogen and oxygen atoms in total. The Kier molecular flexibility index (Phi) is 3.16. The predicted molar refractivity (Wildman–Crippen MR) is 70.4 cm³/mol. The van der Waals surface area contributed by atoms with Crippen LogP contribution < -0.4 is 10.6 Å². The van der Waals surface area contributed by atoms with Gasteiger partial charge < -0.3 is 10.6 Å². The van der Waals surface area contributed by atoms with Crippen molar-refractivity contribution >= 4 is 11.6 Å². The summed E-state index contributed by atoms with van der Waals surface area (Å²) in [6.07, 6.45) is 2.80. The van der Waals surface area contributed by atoms with Crippen LogP contribution in [0.4, 0.5) is 0 Å². The molecule has 1 aliphatic rings. The van der Waals surface area contributed by atoms with Crippen LogP contribution in [0.15, 0.2) is 24.4 Å². The molecule has 2 aromatic rings. The molecular formula is C13H17N5O. The second kappa shape index (κ2) is 4.97. The second-order valence-electron chi connectivity index (χ2n) is 4.90. The molecule has 3 heterocycles. The third kappa shape index (κ3) is 2.31. The molecule has 2 unspecified atom stereocenters. The molecule has 0 spiro atoms. The normalized spacial score (nSPS) is 22.8. The molecule has 0 aromatic carbocycles. The zero-order valence-corrected chi connectivity index (χ0v) is 10.8. The first kappa shape index (κ1) is 12.1. The van der Waals surface area contributed by atoms with Crippen LogP contribution in [0.25, 0.3) is 5.65 Å². The summed E-state index contributed by atoms with van der Waals surface area (Å²) in [5.41, 5.74) is 0.794. The first-order valence-electron chi connectivity index (χ1n) is 6.55. The summed E-state index contributed by atoms with van der Waals surface area (Å²) in [6, 6.07) is 5.97. The van der Waals surface area contributed by atoms with Gasteiger partial charge in [0.1, 0.15) is 0 Å². The Morgan fingerprint density at radius 1 is 1.53 bits per heavy atom. The molecule has 1 aliphatic heterocycles. The lowest BCUT2D eigenvalue weighted by atomic mass is 10.0. The Morgan fingerprint density at radius 2 is 2.42 bits per heavy atom. The van der Waals surface area contributed by atoms with Gasteiger partial charge in [-0.05, 0) is 32.0 Å². The van der Waals surface area contributed by atoms with Gasteiger partial charge in [0, 0.05) is 12.2 Å². The van der Waals surface area contributed by atoms with Gasteiger partial charge in [0.25, 0.3) is 0 Å². The van der Waals surface area contributed by atoms with Gasteiger partial charge in [-0.2, -0.15) is 0 Å². The van der Waals surface area contributed by atoms with Crippen molar-refractivity contribution in [2.24, 2.45) is 5.92 Å². The molecule has 0 saturated carbocycles. The molecule has 6 heteroatoms. The minimum absolute atomic E-state index is 0.0548. The van der Waals surface area contributed by atoms with E-state index in [1.54, 1.807) is 0 Å². The van der Waals surface area contributed by atoms with E-state index in [9.17, 15) is 4.79 Å². The lowest BCUT2D eigenvalue weighted by Crippen LogP contribution is -2.36. The van der Waals surface area contributed by atoms with E-state index in [2.05, 4.69) is 20.8 Å². The molecule has 2 aromatic heterocycles.